The van der Waals surface area contributed by atoms with Gasteiger partial charge in [-0.2, -0.15) is 0 Å². The summed E-state index contributed by atoms with van der Waals surface area (Å²) in [7, 11) is 0. The first-order chi connectivity index (χ1) is 4.61. The molecule has 0 heterocycles. The second kappa shape index (κ2) is 3.71. The molecule has 1 rings (SSSR count). The van der Waals surface area contributed by atoms with Crippen molar-refractivity contribution >= 4 is 26.9 Å². The molecule has 0 amide bonds. The monoisotopic (exact) mass is 271 g/mol. The smallest absolute Gasteiger partial charge is 0.0530 e. The van der Waals surface area contributed by atoms with Crippen LogP contribution in [0.25, 0.3) is 0 Å². The van der Waals surface area contributed by atoms with Crippen molar-refractivity contribution in [1.82, 2.24) is 0 Å². The Bertz CT molecular complexity index is 100. The Balaban J connectivity index is 2.39. The highest BCUT2D eigenvalue weighted by Gasteiger charge is 2.34. The van der Waals surface area contributed by atoms with E-state index in [4.69, 9.17) is 0 Å². The molecule has 0 spiro atoms. The van der Waals surface area contributed by atoms with Crippen LogP contribution in [0, 0.1) is 0 Å². The molecular formula is C8H17IP+. The zero-order valence-corrected chi connectivity index (χ0v) is 9.99. The van der Waals surface area contributed by atoms with Gasteiger partial charge in [0.1, 0.15) is 0 Å². The molecule has 0 aromatic carbocycles. The highest BCUT2D eigenvalue weighted by Crippen LogP contribution is 2.67. The summed E-state index contributed by atoms with van der Waals surface area (Å²) in [5.41, 5.74) is 1.10. The van der Waals surface area contributed by atoms with Crippen LogP contribution in [0.2, 0.25) is 0 Å². The van der Waals surface area contributed by atoms with Crippen LogP contribution in [0.5, 0.6) is 0 Å². The Hall–Kier alpha value is 1.16. The van der Waals surface area contributed by atoms with E-state index in [0.29, 0.717) is 0 Å². The van der Waals surface area contributed by atoms with Crippen molar-refractivity contribution in [2.75, 3.05) is 13.3 Å². The minimum atomic E-state index is -0.521. The third-order valence-electron chi connectivity index (χ3n) is 2.44. The summed E-state index contributed by atoms with van der Waals surface area (Å²) in [6, 6.07) is 0. The van der Waals surface area contributed by atoms with Crippen molar-refractivity contribution in [2.45, 2.75) is 37.8 Å². The average Bonchev–Trinajstić information content (AvgIpc) is 1.88. The summed E-state index contributed by atoms with van der Waals surface area (Å²) >= 11 is 2.71. The van der Waals surface area contributed by atoms with Gasteiger partial charge in [-0.15, -0.1) is 0 Å². The molecule has 0 bridgehead atoms. The number of halogens is 1. The van der Waals surface area contributed by atoms with E-state index in [1.165, 1.54) is 32.1 Å². The van der Waals surface area contributed by atoms with E-state index in [2.05, 4.69) is 35.4 Å². The molecule has 0 unspecified atom stereocenters. The van der Waals surface area contributed by atoms with Gasteiger partial charge in [0.15, 0.2) is 22.0 Å². The van der Waals surface area contributed by atoms with Crippen LogP contribution < -0.4 is 0 Å². The molecule has 2 heteroatoms. The van der Waals surface area contributed by atoms with Crippen LogP contribution >= 0.6 is 26.9 Å². The van der Waals surface area contributed by atoms with E-state index in [9.17, 15) is 0 Å². The van der Waals surface area contributed by atoms with Crippen LogP contribution in [0.1, 0.15) is 32.1 Å². The zero-order valence-electron chi connectivity index (χ0n) is 6.94. The number of hydrogen-bond acceptors (Lipinski definition) is 0. The van der Waals surface area contributed by atoms with Gasteiger partial charge in [-0.25, -0.2) is 0 Å². The fourth-order valence-electron chi connectivity index (χ4n) is 1.70. The molecule has 1 aliphatic carbocycles. The van der Waals surface area contributed by atoms with Gasteiger partial charge in [0.2, 0.25) is 0 Å². The van der Waals surface area contributed by atoms with Crippen LogP contribution in [0.3, 0.4) is 0 Å². The lowest BCUT2D eigenvalue weighted by atomic mass is 10.0. The van der Waals surface area contributed by atoms with Crippen molar-refractivity contribution in [3.63, 3.8) is 0 Å². The van der Waals surface area contributed by atoms with Crippen LogP contribution in [0.15, 0.2) is 0 Å². The van der Waals surface area contributed by atoms with E-state index >= 15 is 0 Å². The molecule has 0 saturated heterocycles. The number of rotatable bonds is 1. The topological polar surface area (TPSA) is 0 Å². The van der Waals surface area contributed by atoms with Crippen molar-refractivity contribution in [3.05, 3.63) is 0 Å². The molecule has 0 atom stereocenters. The van der Waals surface area contributed by atoms with Gasteiger partial charge in [-0.3, -0.25) is 0 Å². The quantitative estimate of drug-likeness (QED) is 0.500. The number of hydrogen-bond donors (Lipinski definition) is 0. The summed E-state index contributed by atoms with van der Waals surface area (Å²) in [5, 5.41) is 0. The Morgan fingerprint density at radius 2 is 1.60 bits per heavy atom. The van der Waals surface area contributed by atoms with E-state index in [1.807, 2.05) is 0 Å². The molecule has 1 saturated carbocycles. The predicted octanol–water partition coefficient (Wildman–Crippen LogP) is 3.95. The summed E-state index contributed by atoms with van der Waals surface area (Å²) in [6.07, 6.45) is 7.52. The average molecular weight is 271 g/mol. The summed E-state index contributed by atoms with van der Waals surface area (Å²) < 4.78 is 0. The molecule has 0 aromatic rings. The van der Waals surface area contributed by atoms with Gasteiger partial charge >= 0.3 is 0 Å². The molecule has 0 N–H and O–H groups in total. The maximum absolute atomic E-state index is 2.71. The molecule has 0 aromatic heterocycles. The highest BCUT2D eigenvalue weighted by atomic mass is 127. The lowest BCUT2D eigenvalue weighted by Crippen LogP contribution is -2.12. The van der Waals surface area contributed by atoms with Crippen molar-refractivity contribution < 1.29 is 0 Å². The zero-order chi connectivity index (χ0) is 7.61. The van der Waals surface area contributed by atoms with Crippen LogP contribution in [0.4, 0.5) is 0 Å². The third-order valence-corrected chi connectivity index (χ3v) is 7.06. The minimum absolute atomic E-state index is 0.521. The maximum Gasteiger partial charge on any atom is 0.154 e. The van der Waals surface area contributed by atoms with E-state index < -0.39 is 4.90 Å². The van der Waals surface area contributed by atoms with E-state index in [1.54, 1.807) is 0 Å². The van der Waals surface area contributed by atoms with Gasteiger partial charge in [0.05, 0.1) is 23.9 Å². The third kappa shape index (κ3) is 2.65. The Kier molecular flexibility index (Phi) is 3.43. The first kappa shape index (κ1) is 9.25. The molecule has 0 aliphatic heterocycles. The molecule has 60 valence electrons. The molecule has 0 radical (unpaired) electrons. The van der Waals surface area contributed by atoms with Crippen molar-refractivity contribution in [1.29, 1.82) is 0 Å². The van der Waals surface area contributed by atoms with Gasteiger partial charge < -0.3 is 0 Å². The summed E-state index contributed by atoms with van der Waals surface area (Å²) in [6.45, 7) is 4.95. The highest BCUT2D eigenvalue weighted by molar-refractivity contribution is 14.2. The van der Waals surface area contributed by atoms with Crippen LogP contribution in [-0.2, 0) is 0 Å². The molecule has 0 nitrogen and oxygen atoms in total. The summed E-state index contributed by atoms with van der Waals surface area (Å²) in [5.74, 6) is 0. The first-order valence-electron chi connectivity index (χ1n) is 4.14. The minimum Gasteiger partial charge on any atom is -0.0530 e. The van der Waals surface area contributed by atoms with Crippen molar-refractivity contribution in [2.24, 2.45) is 0 Å². The van der Waals surface area contributed by atoms with Gasteiger partial charge in [0.25, 0.3) is 0 Å². The lowest BCUT2D eigenvalue weighted by molar-refractivity contribution is 0.511. The molecular weight excluding hydrogens is 254 g/mol. The normalized spacial score (nSPS) is 23.1. The van der Waals surface area contributed by atoms with Gasteiger partial charge in [-0.1, -0.05) is 6.42 Å². The second-order valence-corrected chi connectivity index (χ2v) is 14.7. The summed E-state index contributed by atoms with van der Waals surface area (Å²) in [4.78, 5) is -0.521. The van der Waals surface area contributed by atoms with E-state index in [0.717, 1.165) is 5.66 Å². The Morgan fingerprint density at radius 1 is 1.10 bits per heavy atom. The van der Waals surface area contributed by atoms with Crippen LogP contribution in [-0.4, -0.2) is 19.0 Å². The largest absolute Gasteiger partial charge is 0.154 e. The molecule has 10 heavy (non-hydrogen) atoms. The Morgan fingerprint density at radius 3 is 1.90 bits per heavy atom. The lowest BCUT2D eigenvalue weighted by Gasteiger charge is -2.25. The Labute approximate surface area is 78.0 Å². The second-order valence-electron chi connectivity index (χ2n) is 3.69. The first-order valence-corrected chi connectivity index (χ1v) is 9.68. The van der Waals surface area contributed by atoms with E-state index in [-0.39, 0.29) is 0 Å². The fraction of sp³-hybridized carbons (Fsp3) is 1.00. The predicted molar refractivity (Wildman–Crippen MR) is 59.7 cm³/mol. The van der Waals surface area contributed by atoms with Gasteiger partial charge in [0, 0.05) is 0 Å². The van der Waals surface area contributed by atoms with Crippen molar-refractivity contribution in [3.8, 4) is 0 Å². The molecule has 1 fully saturated rings. The maximum atomic E-state index is 2.71. The molecule has 1 aliphatic rings. The standard InChI is InChI=1S/C8H17IP/c1-10(2,9)8-6-4-3-5-7-8/h8H,3-7H2,1-2H3/q+1. The van der Waals surface area contributed by atoms with Gasteiger partial charge in [-0.05, 0) is 25.7 Å². The SMILES string of the molecule is C[P+](C)(I)C1CCCCC1. The fourth-order valence-corrected chi connectivity index (χ4v) is 4.96.